The van der Waals surface area contributed by atoms with E-state index in [4.69, 9.17) is 10.5 Å². The number of anilines is 1. The highest BCUT2D eigenvalue weighted by Gasteiger charge is 2.20. The molecule has 0 radical (unpaired) electrons. The number of carbonyl (C=O) groups is 1. The molecule has 0 amide bonds. The van der Waals surface area contributed by atoms with Crippen molar-refractivity contribution in [1.82, 2.24) is 0 Å². The van der Waals surface area contributed by atoms with E-state index in [1.165, 1.54) is 23.5 Å². The van der Waals surface area contributed by atoms with Gasteiger partial charge in [0.2, 0.25) is 0 Å². The maximum atomic E-state index is 11.9. The lowest BCUT2D eigenvalue weighted by Crippen LogP contribution is -2.07. The van der Waals surface area contributed by atoms with Crippen molar-refractivity contribution in [3.63, 3.8) is 0 Å². The van der Waals surface area contributed by atoms with Crippen LogP contribution in [0, 0.1) is 10.1 Å². The van der Waals surface area contributed by atoms with Crippen LogP contribution in [0.4, 0.5) is 10.7 Å². The zero-order chi connectivity index (χ0) is 14.7. The molecule has 0 saturated heterocycles. The molecule has 0 unspecified atom stereocenters. The number of ether oxygens (including phenoxy) is 1. The van der Waals surface area contributed by atoms with Crippen LogP contribution in [0.15, 0.2) is 29.6 Å². The monoisotopic (exact) mass is 292 g/mol. The van der Waals surface area contributed by atoms with Gasteiger partial charge in [0.25, 0.3) is 5.69 Å². The van der Waals surface area contributed by atoms with Gasteiger partial charge in [0.1, 0.15) is 10.6 Å². The first-order chi connectivity index (χ1) is 9.54. The van der Waals surface area contributed by atoms with E-state index in [-0.39, 0.29) is 12.3 Å². The predicted molar refractivity (Wildman–Crippen MR) is 76.8 cm³/mol. The Balaban J connectivity index is 2.42. The molecule has 2 rings (SSSR count). The number of nitro groups is 1. The molecule has 7 heteroatoms. The predicted octanol–water partition coefficient (Wildman–Crippen LogP) is 3.08. The third-order valence-electron chi connectivity index (χ3n) is 2.69. The van der Waals surface area contributed by atoms with Crippen molar-refractivity contribution in [2.75, 3.05) is 12.3 Å². The number of esters is 1. The van der Waals surface area contributed by atoms with Gasteiger partial charge in [0.05, 0.1) is 11.5 Å². The first-order valence-electron chi connectivity index (χ1n) is 5.83. The number of non-ortho nitro benzene ring substituents is 1. The van der Waals surface area contributed by atoms with Crippen molar-refractivity contribution in [3.8, 4) is 11.1 Å². The topological polar surface area (TPSA) is 95.5 Å². The third kappa shape index (κ3) is 2.62. The smallest absolute Gasteiger partial charge is 0.341 e. The van der Waals surface area contributed by atoms with Crippen LogP contribution in [-0.4, -0.2) is 17.5 Å². The lowest BCUT2D eigenvalue weighted by atomic mass is 10.0. The van der Waals surface area contributed by atoms with E-state index in [0.717, 1.165) is 0 Å². The normalized spacial score (nSPS) is 10.2. The Bertz CT molecular complexity index is 649. The number of hydrogen-bond donors (Lipinski definition) is 1. The first-order valence-corrected chi connectivity index (χ1v) is 6.71. The molecule has 0 aliphatic heterocycles. The van der Waals surface area contributed by atoms with E-state index in [2.05, 4.69) is 0 Å². The molecule has 0 bridgehead atoms. The van der Waals surface area contributed by atoms with Crippen LogP contribution in [0.3, 0.4) is 0 Å². The molecule has 1 aromatic carbocycles. The fourth-order valence-electron chi connectivity index (χ4n) is 1.76. The minimum atomic E-state index is -0.486. The summed E-state index contributed by atoms with van der Waals surface area (Å²) < 4.78 is 4.97. The van der Waals surface area contributed by atoms with Gasteiger partial charge in [0, 0.05) is 23.1 Å². The fraction of sp³-hybridized carbons (Fsp3) is 0.154. The second kappa shape index (κ2) is 5.70. The lowest BCUT2D eigenvalue weighted by Gasteiger charge is -2.05. The van der Waals surface area contributed by atoms with Gasteiger partial charge in [-0.2, -0.15) is 0 Å². The van der Waals surface area contributed by atoms with Crippen LogP contribution in [-0.2, 0) is 4.74 Å². The molecule has 0 aliphatic rings. The van der Waals surface area contributed by atoms with Crippen molar-refractivity contribution in [2.45, 2.75) is 6.92 Å². The van der Waals surface area contributed by atoms with E-state index in [1.807, 2.05) is 0 Å². The number of nitrogens with zero attached hydrogens (tertiary/aromatic N) is 1. The number of nitrogens with two attached hydrogens (primary N) is 1. The molecular weight excluding hydrogens is 280 g/mol. The highest BCUT2D eigenvalue weighted by atomic mass is 32.1. The molecule has 20 heavy (non-hydrogen) atoms. The molecule has 0 saturated carbocycles. The molecule has 2 aromatic rings. The van der Waals surface area contributed by atoms with Gasteiger partial charge in [-0.05, 0) is 24.6 Å². The van der Waals surface area contributed by atoms with Crippen molar-refractivity contribution in [1.29, 1.82) is 0 Å². The van der Waals surface area contributed by atoms with Crippen LogP contribution in [0.1, 0.15) is 17.3 Å². The molecule has 0 atom stereocenters. The highest BCUT2D eigenvalue weighted by molar-refractivity contribution is 7.14. The number of benzene rings is 1. The van der Waals surface area contributed by atoms with E-state index in [1.54, 1.807) is 24.4 Å². The van der Waals surface area contributed by atoms with Gasteiger partial charge in [-0.3, -0.25) is 10.1 Å². The van der Waals surface area contributed by atoms with Crippen molar-refractivity contribution in [2.24, 2.45) is 0 Å². The summed E-state index contributed by atoms with van der Waals surface area (Å²) in [5, 5.41) is 12.7. The van der Waals surface area contributed by atoms with E-state index >= 15 is 0 Å². The average molecular weight is 292 g/mol. The number of thiophene rings is 1. The number of carbonyl (C=O) groups excluding carboxylic acids is 1. The van der Waals surface area contributed by atoms with Crippen molar-refractivity contribution >= 4 is 28.0 Å². The lowest BCUT2D eigenvalue weighted by molar-refractivity contribution is -0.384. The Labute approximate surface area is 118 Å². The van der Waals surface area contributed by atoms with E-state index in [9.17, 15) is 14.9 Å². The standard InChI is InChI=1S/C13H12N2O4S/c1-2-19-13(16)11-10(7-20-12(11)14)8-3-5-9(6-4-8)15(17)18/h3-7H,2,14H2,1H3. The Hall–Kier alpha value is -2.41. The average Bonchev–Trinajstić information content (AvgIpc) is 2.81. The molecule has 1 heterocycles. The summed E-state index contributed by atoms with van der Waals surface area (Å²) in [5.41, 5.74) is 7.42. The summed E-state index contributed by atoms with van der Waals surface area (Å²) in [6.07, 6.45) is 0. The summed E-state index contributed by atoms with van der Waals surface area (Å²) in [7, 11) is 0. The number of nitrogen functional groups attached to an aromatic ring is 1. The largest absolute Gasteiger partial charge is 0.462 e. The second-order valence-electron chi connectivity index (χ2n) is 3.91. The summed E-state index contributed by atoms with van der Waals surface area (Å²) in [4.78, 5) is 22.0. The molecule has 0 aliphatic carbocycles. The molecule has 0 fully saturated rings. The SMILES string of the molecule is CCOC(=O)c1c(-c2ccc([N+](=O)[O-])cc2)csc1N. The summed E-state index contributed by atoms with van der Waals surface area (Å²) >= 11 is 1.23. The van der Waals surface area contributed by atoms with Crippen molar-refractivity contribution in [3.05, 3.63) is 45.3 Å². The first kappa shape index (κ1) is 14.0. The Kier molecular flexibility index (Phi) is 3.99. The van der Waals surface area contributed by atoms with Gasteiger partial charge in [-0.1, -0.05) is 0 Å². The van der Waals surface area contributed by atoms with Gasteiger partial charge < -0.3 is 10.5 Å². The Morgan fingerprint density at radius 2 is 2.05 bits per heavy atom. The van der Waals surface area contributed by atoms with Gasteiger partial charge in [0.15, 0.2) is 0 Å². The number of nitro benzene ring substituents is 1. The van der Waals surface area contributed by atoms with Crippen LogP contribution in [0.2, 0.25) is 0 Å². The summed E-state index contributed by atoms with van der Waals surface area (Å²) in [5.74, 6) is -0.486. The molecule has 6 nitrogen and oxygen atoms in total. The van der Waals surface area contributed by atoms with Gasteiger partial charge in [-0.25, -0.2) is 4.79 Å². The molecule has 2 N–H and O–H groups in total. The highest BCUT2D eigenvalue weighted by Crippen LogP contribution is 2.34. The molecule has 104 valence electrons. The second-order valence-corrected chi connectivity index (χ2v) is 4.82. The quantitative estimate of drug-likeness (QED) is 0.530. The minimum Gasteiger partial charge on any atom is -0.462 e. The van der Waals surface area contributed by atoms with Crippen LogP contribution in [0.25, 0.3) is 11.1 Å². The zero-order valence-corrected chi connectivity index (χ0v) is 11.5. The zero-order valence-electron chi connectivity index (χ0n) is 10.7. The number of rotatable bonds is 4. The minimum absolute atomic E-state index is 0.00497. The number of hydrogen-bond acceptors (Lipinski definition) is 6. The van der Waals surface area contributed by atoms with E-state index in [0.29, 0.717) is 21.7 Å². The van der Waals surface area contributed by atoms with Gasteiger partial charge >= 0.3 is 5.97 Å². The maximum Gasteiger partial charge on any atom is 0.341 e. The third-order valence-corrected chi connectivity index (χ3v) is 3.50. The van der Waals surface area contributed by atoms with Gasteiger partial charge in [-0.15, -0.1) is 11.3 Å². The molecule has 1 aromatic heterocycles. The van der Waals surface area contributed by atoms with Crippen LogP contribution in [0.5, 0.6) is 0 Å². The van der Waals surface area contributed by atoms with E-state index < -0.39 is 10.9 Å². The van der Waals surface area contributed by atoms with Crippen LogP contribution < -0.4 is 5.73 Å². The van der Waals surface area contributed by atoms with Crippen molar-refractivity contribution < 1.29 is 14.5 Å². The van der Waals surface area contributed by atoms with Crippen LogP contribution >= 0.6 is 11.3 Å². The molecular formula is C13H12N2O4S. The molecule has 0 spiro atoms. The summed E-state index contributed by atoms with van der Waals surface area (Å²) in [6, 6.07) is 5.95. The summed E-state index contributed by atoms with van der Waals surface area (Å²) in [6.45, 7) is 1.97. The Morgan fingerprint density at radius 1 is 1.40 bits per heavy atom. The fourth-order valence-corrected chi connectivity index (χ4v) is 2.57. The maximum absolute atomic E-state index is 11.9. The Morgan fingerprint density at radius 3 is 2.60 bits per heavy atom.